The number of anilines is 2. The van der Waals surface area contributed by atoms with Crippen LogP contribution >= 0.6 is 0 Å². The molecule has 0 saturated heterocycles. The van der Waals surface area contributed by atoms with Gasteiger partial charge in [0.05, 0.1) is 0 Å². The fraction of sp³-hybridized carbons (Fsp3) is 0.667. The molecule has 1 heterocycles. The first-order chi connectivity index (χ1) is 8.19. The first kappa shape index (κ1) is 12.1. The van der Waals surface area contributed by atoms with Gasteiger partial charge < -0.3 is 15.8 Å². The molecule has 0 spiro atoms. The summed E-state index contributed by atoms with van der Waals surface area (Å²) in [5.74, 6) is 3.54. The third-order valence-corrected chi connectivity index (χ3v) is 3.05. The zero-order valence-electron chi connectivity index (χ0n) is 10.4. The van der Waals surface area contributed by atoms with E-state index in [1.807, 2.05) is 6.92 Å². The standard InChI is InChI=1S/C12H20N4O/c1-3-17-7-12-15-10(13)5-11(16-12)14-6-9-4-8(9)2/h5,8-9H,3-4,6-7H2,1-2H3,(H3,13,14,15,16). The molecule has 5 heteroatoms. The van der Waals surface area contributed by atoms with Crippen molar-refractivity contribution in [3.63, 3.8) is 0 Å². The molecule has 1 aromatic heterocycles. The minimum Gasteiger partial charge on any atom is -0.384 e. The molecule has 0 aromatic carbocycles. The van der Waals surface area contributed by atoms with Crippen LogP contribution in [0, 0.1) is 11.8 Å². The summed E-state index contributed by atoms with van der Waals surface area (Å²) < 4.78 is 5.28. The van der Waals surface area contributed by atoms with Crippen LogP contribution in [0.25, 0.3) is 0 Å². The SMILES string of the molecule is CCOCc1nc(N)cc(NCC2CC2C)n1. The molecular formula is C12H20N4O. The number of nitrogens with one attached hydrogen (secondary N) is 1. The minimum absolute atomic E-state index is 0.413. The maximum Gasteiger partial charge on any atom is 0.158 e. The average Bonchev–Trinajstić information content (AvgIpc) is 2.99. The van der Waals surface area contributed by atoms with E-state index in [1.54, 1.807) is 6.07 Å². The van der Waals surface area contributed by atoms with Gasteiger partial charge in [-0.2, -0.15) is 0 Å². The molecule has 0 bridgehead atoms. The second-order valence-corrected chi connectivity index (χ2v) is 4.59. The third kappa shape index (κ3) is 3.56. The molecule has 1 aromatic rings. The third-order valence-electron chi connectivity index (χ3n) is 3.05. The monoisotopic (exact) mass is 236 g/mol. The molecule has 1 aliphatic carbocycles. The van der Waals surface area contributed by atoms with E-state index in [0.717, 1.165) is 24.2 Å². The smallest absolute Gasteiger partial charge is 0.158 e. The molecule has 2 unspecified atom stereocenters. The van der Waals surface area contributed by atoms with E-state index in [2.05, 4.69) is 22.2 Å². The van der Waals surface area contributed by atoms with Gasteiger partial charge in [-0.3, -0.25) is 0 Å². The van der Waals surface area contributed by atoms with E-state index in [1.165, 1.54) is 6.42 Å². The Labute approximate surface area is 102 Å². The number of nitrogens with zero attached hydrogens (tertiary/aromatic N) is 2. The quantitative estimate of drug-likeness (QED) is 0.786. The lowest BCUT2D eigenvalue weighted by Gasteiger charge is -2.08. The molecule has 94 valence electrons. The average molecular weight is 236 g/mol. The van der Waals surface area contributed by atoms with Crippen molar-refractivity contribution in [1.29, 1.82) is 0 Å². The Morgan fingerprint density at radius 3 is 2.94 bits per heavy atom. The Hall–Kier alpha value is -1.36. The lowest BCUT2D eigenvalue weighted by Crippen LogP contribution is -2.10. The summed E-state index contributed by atoms with van der Waals surface area (Å²) in [5, 5.41) is 3.31. The molecule has 1 aliphatic rings. The molecule has 0 amide bonds. The van der Waals surface area contributed by atoms with Crippen molar-refractivity contribution in [3.05, 3.63) is 11.9 Å². The Morgan fingerprint density at radius 1 is 1.53 bits per heavy atom. The number of hydrogen-bond donors (Lipinski definition) is 2. The number of hydrogen-bond acceptors (Lipinski definition) is 5. The van der Waals surface area contributed by atoms with Gasteiger partial charge in [-0.1, -0.05) is 6.92 Å². The van der Waals surface area contributed by atoms with Crippen molar-refractivity contribution in [2.45, 2.75) is 26.9 Å². The maximum atomic E-state index is 5.73. The van der Waals surface area contributed by atoms with Crippen LogP contribution < -0.4 is 11.1 Å². The normalized spacial score (nSPS) is 22.5. The predicted molar refractivity (Wildman–Crippen MR) is 67.5 cm³/mol. The van der Waals surface area contributed by atoms with Crippen molar-refractivity contribution in [2.24, 2.45) is 11.8 Å². The Morgan fingerprint density at radius 2 is 2.29 bits per heavy atom. The molecule has 0 radical (unpaired) electrons. The summed E-state index contributed by atoms with van der Waals surface area (Å²) in [5.41, 5.74) is 5.73. The Kier molecular flexibility index (Phi) is 3.78. The summed E-state index contributed by atoms with van der Waals surface area (Å²) in [6, 6.07) is 1.77. The maximum absolute atomic E-state index is 5.73. The van der Waals surface area contributed by atoms with Gasteiger partial charge in [0, 0.05) is 19.2 Å². The van der Waals surface area contributed by atoms with Gasteiger partial charge in [-0.25, -0.2) is 9.97 Å². The summed E-state index contributed by atoms with van der Waals surface area (Å²) in [7, 11) is 0. The highest BCUT2D eigenvalue weighted by Crippen LogP contribution is 2.37. The molecular weight excluding hydrogens is 216 g/mol. The van der Waals surface area contributed by atoms with E-state index in [0.29, 0.717) is 24.9 Å². The first-order valence-electron chi connectivity index (χ1n) is 6.14. The van der Waals surface area contributed by atoms with Crippen LogP contribution in [0.2, 0.25) is 0 Å². The van der Waals surface area contributed by atoms with Gasteiger partial charge in [-0.05, 0) is 25.2 Å². The van der Waals surface area contributed by atoms with Crippen LogP contribution in [0.15, 0.2) is 6.07 Å². The Bertz CT molecular complexity index is 383. The molecule has 3 N–H and O–H groups in total. The van der Waals surface area contributed by atoms with E-state index in [4.69, 9.17) is 10.5 Å². The number of nitrogen functional groups attached to an aromatic ring is 1. The number of rotatable bonds is 6. The second kappa shape index (κ2) is 5.31. The van der Waals surface area contributed by atoms with Gasteiger partial charge in [0.2, 0.25) is 0 Å². The molecule has 5 nitrogen and oxygen atoms in total. The van der Waals surface area contributed by atoms with Crippen molar-refractivity contribution >= 4 is 11.6 Å². The lowest BCUT2D eigenvalue weighted by atomic mass is 10.3. The van der Waals surface area contributed by atoms with Gasteiger partial charge in [0.15, 0.2) is 5.82 Å². The van der Waals surface area contributed by atoms with Crippen LogP contribution in [0.4, 0.5) is 11.6 Å². The summed E-state index contributed by atoms with van der Waals surface area (Å²) in [6.45, 7) is 6.24. The van der Waals surface area contributed by atoms with Crippen LogP contribution in [0.3, 0.4) is 0 Å². The van der Waals surface area contributed by atoms with Crippen LogP contribution in [-0.4, -0.2) is 23.1 Å². The van der Waals surface area contributed by atoms with Crippen molar-refractivity contribution in [1.82, 2.24) is 9.97 Å². The highest BCUT2D eigenvalue weighted by atomic mass is 16.5. The molecule has 2 rings (SSSR count). The highest BCUT2D eigenvalue weighted by Gasteiger charge is 2.31. The number of nitrogens with two attached hydrogens (primary N) is 1. The topological polar surface area (TPSA) is 73.1 Å². The van der Waals surface area contributed by atoms with Crippen LogP contribution in [-0.2, 0) is 11.3 Å². The van der Waals surface area contributed by atoms with Gasteiger partial charge >= 0.3 is 0 Å². The largest absolute Gasteiger partial charge is 0.384 e. The zero-order chi connectivity index (χ0) is 12.3. The summed E-state index contributed by atoms with van der Waals surface area (Å²) in [6.07, 6.45) is 1.30. The van der Waals surface area contributed by atoms with Gasteiger partial charge in [-0.15, -0.1) is 0 Å². The second-order valence-electron chi connectivity index (χ2n) is 4.59. The van der Waals surface area contributed by atoms with E-state index in [-0.39, 0.29) is 0 Å². The molecule has 0 aliphatic heterocycles. The van der Waals surface area contributed by atoms with Crippen LogP contribution in [0.5, 0.6) is 0 Å². The molecule has 17 heavy (non-hydrogen) atoms. The lowest BCUT2D eigenvalue weighted by molar-refractivity contribution is 0.128. The highest BCUT2D eigenvalue weighted by molar-refractivity contribution is 5.44. The predicted octanol–water partition coefficient (Wildman–Crippen LogP) is 1.66. The van der Waals surface area contributed by atoms with Gasteiger partial charge in [0.1, 0.15) is 18.2 Å². The molecule has 1 saturated carbocycles. The number of aromatic nitrogens is 2. The van der Waals surface area contributed by atoms with E-state index in [9.17, 15) is 0 Å². The fourth-order valence-corrected chi connectivity index (χ4v) is 1.79. The minimum atomic E-state index is 0.413. The van der Waals surface area contributed by atoms with Gasteiger partial charge in [0.25, 0.3) is 0 Å². The Balaban J connectivity index is 1.93. The van der Waals surface area contributed by atoms with E-state index < -0.39 is 0 Å². The van der Waals surface area contributed by atoms with Crippen molar-refractivity contribution < 1.29 is 4.74 Å². The zero-order valence-corrected chi connectivity index (χ0v) is 10.4. The molecule has 2 atom stereocenters. The summed E-state index contributed by atoms with van der Waals surface area (Å²) in [4.78, 5) is 8.50. The van der Waals surface area contributed by atoms with E-state index >= 15 is 0 Å². The number of ether oxygens (including phenoxy) is 1. The first-order valence-corrected chi connectivity index (χ1v) is 6.14. The summed E-state index contributed by atoms with van der Waals surface area (Å²) >= 11 is 0. The fourth-order valence-electron chi connectivity index (χ4n) is 1.79. The molecule has 1 fully saturated rings. The van der Waals surface area contributed by atoms with Crippen molar-refractivity contribution in [2.75, 3.05) is 24.2 Å². The van der Waals surface area contributed by atoms with Crippen molar-refractivity contribution in [3.8, 4) is 0 Å². The van der Waals surface area contributed by atoms with Crippen LogP contribution in [0.1, 0.15) is 26.1 Å².